The molecule has 0 spiro atoms. The lowest BCUT2D eigenvalue weighted by atomic mass is 10.2. The van der Waals surface area contributed by atoms with Gasteiger partial charge in [-0.05, 0) is 29.8 Å². The van der Waals surface area contributed by atoms with Crippen LogP contribution >= 0.6 is 0 Å². The molecular formula is C17H18N4O3. The number of urea groups is 1. The number of carbonyl (C=O) groups is 1. The van der Waals surface area contributed by atoms with Gasteiger partial charge in [-0.1, -0.05) is 12.1 Å². The number of imidazole rings is 1. The highest BCUT2D eigenvalue weighted by Crippen LogP contribution is 2.27. The van der Waals surface area contributed by atoms with E-state index in [0.717, 1.165) is 11.1 Å². The maximum Gasteiger partial charge on any atom is 0.321 e. The number of aromatic nitrogens is 2. The van der Waals surface area contributed by atoms with Gasteiger partial charge < -0.3 is 14.8 Å². The van der Waals surface area contributed by atoms with Crippen molar-refractivity contribution < 1.29 is 14.3 Å². The van der Waals surface area contributed by atoms with Gasteiger partial charge in [0, 0.05) is 12.7 Å². The summed E-state index contributed by atoms with van der Waals surface area (Å²) >= 11 is 0. The van der Waals surface area contributed by atoms with Crippen molar-refractivity contribution >= 4 is 17.5 Å². The first kappa shape index (κ1) is 15.7. The zero-order chi connectivity index (χ0) is 16.9. The number of anilines is 1. The second kappa shape index (κ2) is 6.91. The molecule has 0 aliphatic carbocycles. The van der Waals surface area contributed by atoms with Crippen LogP contribution in [0.4, 0.5) is 10.7 Å². The third-order valence-corrected chi connectivity index (χ3v) is 3.57. The molecule has 2 N–H and O–H groups in total. The fourth-order valence-corrected chi connectivity index (χ4v) is 2.36. The number of hydrogen-bond donors (Lipinski definition) is 2. The highest BCUT2D eigenvalue weighted by atomic mass is 16.5. The molecule has 1 aromatic carbocycles. The van der Waals surface area contributed by atoms with Crippen molar-refractivity contribution in [2.45, 2.75) is 6.54 Å². The van der Waals surface area contributed by atoms with Crippen molar-refractivity contribution in [3.05, 3.63) is 54.4 Å². The van der Waals surface area contributed by atoms with Gasteiger partial charge in [0.05, 0.1) is 25.9 Å². The fraction of sp³-hybridized carbons (Fsp3) is 0.176. The summed E-state index contributed by atoms with van der Waals surface area (Å²) in [6, 6.07) is 10.9. The SMILES string of the molecule is COc1ccc(CNC(=O)Nc2ncc3ccccn23)cc1OC. The third-order valence-electron chi connectivity index (χ3n) is 3.57. The Balaban J connectivity index is 1.63. The molecule has 2 aromatic heterocycles. The Bertz CT molecular complexity index is 860. The number of carbonyl (C=O) groups excluding carboxylic acids is 1. The van der Waals surface area contributed by atoms with E-state index in [0.29, 0.717) is 24.0 Å². The van der Waals surface area contributed by atoms with Crippen LogP contribution in [0.5, 0.6) is 11.5 Å². The lowest BCUT2D eigenvalue weighted by Gasteiger charge is -2.10. The predicted octanol–water partition coefficient (Wildman–Crippen LogP) is 2.67. The average molecular weight is 326 g/mol. The Kier molecular flexibility index (Phi) is 4.51. The molecule has 0 bridgehead atoms. The largest absolute Gasteiger partial charge is 0.493 e. The first-order valence-corrected chi connectivity index (χ1v) is 7.39. The van der Waals surface area contributed by atoms with Gasteiger partial charge in [0.2, 0.25) is 5.95 Å². The summed E-state index contributed by atoms with van der Waals surface area (Å²) in [5.41, 5.74) is 1.81. The molecule has 0 unspecified atom stereocenters. The summed E-state index contributed by atoms with van der Waals surface area (Å²) < 4.78 is 12.2. The van der Waals surface area contributed by atoms with Crippen LogP contribution in [0.1, 0.15) is 5.56 Å². The molecule has 0 saturated heterocycles. The van der Waals surface area contributed by atoms with Crippen molar-refractivity contribution in [2.24, 2.45) is 0 Å². The van der Waals surface area contributed by atoms with E-state index >= 15 is 0 Å². The van der Waals surface area contributed by atoms with E-state index in [2.05, 4.69) is 15.6 Å². The van der Waals surface area contributed by atoms with Crippen LogP contribution < -0.4 is 20.1 Å². The number of nitrogens with zero attached hydrogens (tertiary/aromatic N) is 2. The van der Waals surface area contributed by atoms with E-state index in [4.69, 9.17) is 9.47 Å². The zero-order valence-corrected chi connectivity index (χ0v) is 13.4. The molecule has 0 aliphatic rings. The molecule has 2 amide bonds. The molecule has 7 heteroatoms. The van der Waals surface area contributed by atoms with E-state index in [9.17, 15) is 4.79 Å². The van der Waals surface area contributed by atoms with Crippen molar-refractivity contribution in [3.8, 4) is 11.5 Å². The molecule has 0 aliphatic heterocycles. The lowest BCUT2D eigenvalue weighted by Crippen LogP contribution is -2.29. The second-order valence-corrected chi connectivity index (χ2v) is 5.07. The summed E-state index contributed by atoms with van der Waals surface area (Å²) in [7, 11) is 3.16. The van der Waals surface area contributed by atoms with Crippen molar-refractivity contribution in [1.29, 1.82) is 0 Å². The number of benzene rings is 1. The number of ether oxygens (including phenoxy) is 2. The van der Waals surface area contributed by atoms with Gasteiger partial charge in [-0.15, -0.1) is 0 Å². The minimum absolute atomic E-state index is 0.332. The number of amides is 2. The Morgan fingerprint density at radius 1 is 1.17 bits per heavy atom. The molecule has 0 atom stereocenters. The Hall–Kier alpha value is -3.22. The molecular weight excluding hydrogens is 308 g/mol. The highest BCUT2D eigenvalue weighted by molar-refractivity contribution is 5.88. The van der Waals surface area contributed by atoms with Crippen LogP contribution in [0.25, 0.3) is 5.52 Å². The molecule has 0 fully saturated rings. The molecule has 0 saturated carbocycles. The molecule has 7 nitrogen and oxygen atoms in total. The maximum atomic E-state index is 12.1. The Morgan fingerprint density at radius 3 is 2.79 bits per heavy atom. The smallest absolute Gasteiger partial charge is 0.321 e. The van der Waals surface area contributed by atoms with E-state index in [1.807, 2.05) is 36.5 Å². The molecule has 2 heterocycles. The maximum absolute atomic E-state index is 12.1. The van der Waals surface area contributed by atoms with E-state index in [1.165, 1.54) is 0 Å². The monoisotopic (exact) mass is 326 g/mol. The lowest BCUT2D eigenvalue weighted by molar-refractivity contribution is 0.251. The quantitative estimate of drug-likeness (QED) is 0.756. The van der Waals surface area contributed by atoms with Gasteiger partial charge in [0.1, 0.15) is 0 Å². The highest BCUT2D eigenvalue weighted by Gasteiger charge is 2.08. The first-order chi connectivity index (χ1) is 11.7. The number of pyridine rings is 1. The van der Waals surface area contributed by atoms with Gasteiger partial charge in [0.15, 0.2) is 11.5 Å². The predicted molar refractivity (Wildman–Crippen MR) is 90.6 cm³/mol. The van der Waals surface area contributed by atoms with E-state index < -0.39 is 0 Å². The van der Waals surface area contributed by atoms with Gasteiger partial charge in [-0.25, -0.2) is 9.78 Å². The van der Waals surface area contributed by atoms with Crippen LogP contribution in [0.2, 0.25) is 0 Å². The van der Waals surface area contributed by atoms with E-state index in [1.54, 1.807) is 30.9 Å². The van der Waals surface area contributed by atoms with Gasteiger partial charge in [0.25, 0.3) is 0 Å². The Labute approximate surface area is 139 Å². The summed E-state index contributed by atoms with van der Waals surface area (Å²) in [5.74, 6) is 1.74. The number of methoxy groups -OCH3 is 2. The van der Waals surface area contributed by atoms with Crippen LogP contribution in [0, 0.1) is 0 Å². The molecule has 124 valence electrons. The number of nitrogens with one attached hydrogen (secondary N) is 2. The van der Waals surface area contributed by atoms with Crippen molar-refractivity contribution in [2.75, 3.05) is 19.5 Å². The van der Waals surface area contributed by atoms with E-state index in [-0.39, 0.29) is 6.03 Å². The van der Waals surface area contributed by atoms with Crippen LogP contribution in [0.3, 0.4) is 0 Å². The number of hydrogen-bond acceptors (Lipinski definition) is 4. The average Bonchev–Trinajstić information content (AvgIpc) is 3.02. The summed E-state index contributed by atoms with van der Waals surface area (Å²) in [4.78, 5) is 16.3. The second-order valence-electron chi connectivity index (χ2n) is 5.07. The van der Waals surface area contributed by atoms with Crippen molar-refractivity contribution in [1.82, 2.24) is 14.7 Å². The Morgan fingerprint density at radius 2 is 2.00 bits per heavy atom. The topological polar surface area (TPSA) is 76.9 Å². The standard InChI is InChI=1S/C17H18N4O3/c1-23-14-7-6-12(9-15(14)24-2)10-19-17(22)20-16-18-11-13-5-3-4-8-21(13)16/h3-9,11H,10H2,1-2H3,(H2,18,19,20,22). The van der Waals surface area contributed by atoms with Crippen LogP contribution in [0.15, 0.2) is 48.8 Å². The van der Waals surface area contributed by atoms with Crippen molar-refractivity contribution in [3.63, 3.8) is 0 Å². The summed E-state index contributed by atoms with van der Waals surface area (Å²) in [6.07, 6.45) is 3.54. The molecule has 3 aromatic rings. The minimum Gasteiger partial charge on any atom is -0.493 e. The zero-order valence-electron chi connectivity index (χ0n) is 13.4. The normalized spacial score (nSPS) is 10.4. The summed E-state index contributed by atoms with van der Waals surface area (Å²) in [5, 5.41) is 5.52. The first-order valence-electron chi connectivity index (χ1n) is 7.39. The third kappa shape index (κ3) is 3.24. The molecule has 3 rings (SSSR count). The van der Waals surface area contributed by atoms with Gasteiger partial charge in [-0.2, -0.15) is 0 Å². The van der Waals surface area contributed by atoms with Gasteiger partial charge in [-0.3, -0.25) is 9.72 Å². The summed E-state index contributed by atoms with van der Waals surface area (Å²) in [6.45, 7) is 0.357. The van der Waals surface area contributed by atoms with Gasteiger partial charge >= 0.3 is 6.03 Å². The fourth-order valence-electron chi connectivity index (χ4n) is 2.36. The molecule has 0 radical (unpaired) electrons. The van der Waals surface area contributed by atoms with Crippen LogP contribution in [-0.2, 0) is 6.54 Å². The number of fused-ring (bicyclic) bond motifs is 1. The molecule has 24 heavy (non-hydrogen) atoms. The number of rotatable bonds is 5. The minimum atomic E-state index is -0.332. The van der Waals surface area contributed by atoms with Crippen LogP contribution in [-0.4, -0.2) is 29.6 Å².